The number of thioether (sulfide) groups is 1. The fourth-order valence-electron chi connectivity index (χ4n) is 1.49. The number of nitrogens with one attached hydrogen (secondary N) is 2. The predicted molar refractivity (Wildman–Crippen MR) is 63.8 cm³/mol. The van der Waals surface area contributed by atoms with Crippen LogP contribution in [-0.2, 0) is 9.59 Å². The fourth-order valence-corrected chi connectivity index (χ4v) is 2.27. The van der Waals surface area contributed by atoms with E-state index in [1.807, 2.05) is 13.8 Å². The number of hydrogen-bond acceptors (Lipinski definition) is 4. The zero-order valence-corrected chi connectivity index (χ0v) is 10.5. The zero-order chi connectivity index (χ0) is 13.0. The van der Waals surface area contributed by atoms with Gasteiger partial charge in [-0.1, -0.05) is 25.6 Å². The number of amides is 2. The highest BCUT2D eigenvalue weighted by molar-refractivity contribution is 8.14. The standard InChI is InChI=1S/C10H16N2O4S/c1-5(2)3-6(9(14)15)11-8(13)7-4-17-10(16)12-7/h5-7H,3-4H2,1-2H3,(H,11,13)(H,12,16)(H,14,15)/t6-,7-/m0/s1. The number of carbonyl (C=O) groups is 3. The van der Waals surface area contributed by atoms with E-state index >= 15 is 0 Å². The molecule has 1 aliphatic heterocycles. The normalized spacial score (nSPS) is 21.1. The maximum absolute atomic E-state index is 11.7. The van der Waals surface area contributed by atoms with E-state index < -0.39 is 24.0 Å². The van der Waals surface area contributed by atoms with Crippen molar-refractivity contribution in [1.29, 1.82) is 0 Å². The summed E-state index contributed by atoms with van der Waals surface area (Å²) in [6.07, 6.45) is 0.370. The summed E-state index contributed by atoms with van der Waals surface area (Å²) in [5.74, 6) is -0.969. The van der Waals surface area contributed by atoms with Crippen molar-refractivity contribution >= 4 is 28.9 Å². The van der Waals surface area contributed by atoms with Gasteiger partial charge in [-0.05, 0) is 12.3 Å². The molecule has 0 unspecified atom stereocenters. The SMILES string of the molecule is CC(C)C[C@H](NC(=O)[C@@H]1CSC(=O)N1)C(=O)O. The lowest BCUT2D eigenvalue weighted by atomic mass is 10.0. The number of aliphatic carboxylic acids is 1. The van der Waals surface area contributed by atoms with Crippen molar-refractivity contribution in [1.82, 2.24) is 10.6 Å². The number of rotatable bonds is 5. The van der Waals surface area contributed by atoms with Crippen molar-refractivity contribution in [3.8, 4) is 0 Å². The van der Waals surface area contributed by atoms with E-state index in [2.05, 4.69) is 10.6 Å². The lowest BCUT2D eigenvalue weighted by Crippen LogP contribution is -2.49. The zero-order valence-electron chi connectivity index (χ0n) is 9.73. The Morgan fingerprint density at radius 2 is 2.24 bits per heavy atom. The molecule has 6 nitrogen and oxygen atoms in total. The Labute approximate surface area is 104 Å². The van der Waals surface area contributed by atoms with Crippen molar-refractivity contribution in [2.24, 2.45) is 5.92 Å². The molecular weight excluding hydrogens is 244 g/mol. The minimum Gasteiger partial charge on any atom is -0.480 e. The fraction of sp³-hybridized carbons (Fsp3) is 0.700. The second kappa shape index (κ2) is 5.90. The van der Waals surface area contributed by atoms with Crippen molar-refractivity contribution < 1.29 is 19.5 Å². The van der Waals surface area contributed by atoms with Crippen LogP contribution in [0.4, 0.5) is 4.79 Å². The van der Waals surface area contributed by atoms with Crippen LogP contribution in [0.25, 0.3) is 0 Å². The van der Waals surface area contributed by atoms with E-state index in [1.54, 1.807) is 0 Å². The highest BCUT2D eigenvalue weighted by atomic mass is 32.2. The second-order valence-electron chi connectivity index (χ2n) is 4.32. The first-order valence-corrected chi connectivity index (χ1v) is 6.35. The molecule has 1 rings (SSSR count). The Morgan fingerprint density at radius 3 is 2.65 bits per heavy atom. The molecule has 1 aliphatic rings. The van der Waals surface area contributed by atoms with Crippen LogP contribution in [0.2, 0.25) is 0 Å². The minimum absolute atomic E-state index is 0.170. The number of carbonyl (C=O) groups excluding carboxylic acids is 2. The van der Waals surface area contributed by atoms with Gasteiger partial charge < -0.3 is 15.7 Å². The molecule has 7 heteroatoms. The van der Waals surface area contributed by atoms with E-state index in [0.717, 1.165) is 11.8 Å². The van der Waals surface area contributed by atoms with Crippen molar-refractivity contribution in [2.45, 2.75) is 32.4 Å². The lowest BCUT2D eigenvalue weighted by Gasteiger charge is -2.18. The molecule has 96 valence electrons. The van der Waals surface area contributed by atoms with Gasteiger partial charge in [0.05, 0.1) is 0 Å². The van der Waals surface area contributed by atoms with Gasteiger partial charge in [-0.25, -0.2) is 4.79 Å². The molecule has 1 saturated heterocycles. The Morgan fingerprint density at radius 1 is 1.59 bits per heavy atom. The molecule has 1 fully saturated rings. The number of hydrogen-bond donors (Lipinski definition) is 3. The van der Waals surface area contributed by atoms with Gasteiger partial charge in [-0.15, -0.1) is 0 Å². The monoisotopic (exact) mass is 260 g/mol. The van der Waals surface area contributed by atoms with Crippen LogP contribution in [0.5, 0.6) is 0 Å². The summed E-state index contributed by atoms with van der Waals surface area (Å²) in [6, 6.07) is -1.52. The van der Waals surface area contributed by atoms with Gasteiger partial charge in [-0.2, -0.15) is 0 Å². The first-order valence-electron chi connectivity index (χ1n) is 5.36. The highest BCUT2D eigenvalue weighted by Gasteiger charge is 2.31. The van der Waals surface area contributed by atoms with E-state index in [1.165, 1.54) is 0 Å². The molecule has 0 spiro atoms. The van der Waals surface area contributed by atoms with Gasteiger partial charge in [0, 0.05) is 5.75 Å². The lowest BCUT2D eigenvalue weighted by molar-refractivity contribution is -0.142. The van der Waals surface area contributed by atoms with Crippen LogP contribution in [0.1, 0.15) is 20.3 Å². The molecule has 0 aromatic carbocycles. The molecule has 0 saturated carbocycles. The first-order chi connectivity index (χ1) is 7.90. The summed E-state index contributed by atoms with van der Waals surface area (Å²) in [5, 5.41) is 13.6. The van der Waals surface area contributed by atoms with Crippen LogP contribution >= 0.6 is 11.8 Å². The van der Waals surface area contributed by atoms with E-state index in [-0.39, 0.29) is 11.2 Å². The first kappa shape index (κ1) is 13.8. The Balaban J connectivity index is 2.52. The summed E-state index contributed by atoms with van der Waals surface area (Å²) in [5.41, 5.74) is 0. The van der Waals surface area contributed by atoms with E-state index in [4.69, 9.17) is 5.11 Å². The molecule has 2 atom stereocenters. The molecular formula is C10H16N2O4S. The van der Waals surface area contributed by atoms with Gasteiger partial charge >= 0.3 is 5.97 Å². The molecule has 3 N–H and O–H groups in total. The van der Waals surface area contributed by atoms with Gasteiger partial charge in [0.15, 0.2) is 0 Å². The van der Waals surface area contributed by atoms with Crippen LogP contribution in [0.3, 0.4) is 0 Å². The Bertz CT molecular complexity index is 332. The van der Waals surface area contributed by atoms with Crippen molar-refractivity contribution in [2.75, 3.05) is 5.75 Å². The van der Waals surface area contributed by atoms with Gasteiger partial charge in [0.2, 0.25) is 5.91 Å². The molecule has 0 aromatic heterocycles. The van der Waals surface area contributed by atoms with Crippen LogP contribution < -0.4 is 10.6 Å². The largest absolute Gasteiger partial charge is 0.480 e. The summed E-state index contributed by atoms with van der Waals surface area (Å²) in [4.78, 5) is 33.5. The van der Waals surface area contributed by atoms with Gasteiger partial charge in [0.25, 0.3) is 5.24 Å². The molecule has 0 aromatic rings. The van der Waals surface area contributed by atoms with Crippen LogP contribution in [0, 0.1) is 5.92 Å². The highest BCUT2D eigenvalue weighted by Crippen LogP contribution is 2.13. The van der Waals surface area contributed by atoms with E-state index in [9.17, 15) is 14.4 Å². The Hall–Kier alpha value is -1.24. The van der Waals surface area contributed by atoms with Crippen LogP contribution in [0.15, 0.2) is 0 Å². The van der Waals surface area contributed by atoms with Crippen molar-refractivity contribution in [3.05, 3.63) is 0 Å². The topological polar surface area (TPSA) is 95.5 Å². The van der Waals surface area contributed by atoms with E-state index in [0.29, 0.717) is 12.2 Å². The predicted octanol–water partition coefficient (Wildman–Crippen LogP) is 0.427. The molecule has 2 amide bonds. The summed E-state index contributed by atoms with van der Waals surface area (Å²) >= 11 is 1.02. The molecule has 17 heavy (non-hydrogen) atoms. The quantitative estimate of drug-likeness (QED) is 0.666. The smallest absolute Gasteiger partial charge is 0.326 e. The third-order valence-electron chi connectivity index (χ3n) is 2.31. The van der Waals surface area contributed by atoms with Gasteiger partial charge in [0.1, 0.15) is 12.1 Å². The summed E-state index contributed by atoms with van der Waals surface area (Å²) in [7, 11) is 0. The average Bonchev–Trinajstić information content (AvgIpc) is 2.63. The maximum Gasteiger partial charge on any atom is 0.326 e. The minimum atomic E-state index is -1.05. The number of carboxylic acids is 1. The third kappa shape index (κ3) is 4.26. The molecule has 1 heterocycles. The molecule has 0 bridgehead atoms. The average molecular weight is 260 g/mol. The summed E-state index contributed by atoms with van der Waals surface area (Å²) in [6.45, 7) is 3.77. The maximum atomic E-state index is 11.7. The van der Waals surface area contributed by atoms with Gasteiger partial charge in [-0.3, -0.25) is 9.59 Å². The number of carboxylic acid groups (broad SMARTS) is 1. The molecule has 0 aliphatic carbocycles. The second-order valence-corrected chi connectivity index (χ2v) is 5.32. The van der Waals surface area contributed by atoms with Crippen molar-refractivity contribution in [3.63, 3.8) is 0 Å². The molecule has 0 radical (unpaired) electrons. The third-order valence-corrected chi connectivity index (χ3v) is 3.19. The van der Waals surface area contributed by atoms with Crippen LogP contribution in [-0.4, -0.2) is 40.1 Å². The summed E-state index contributed by atoms with van der Waals surface area (Å²) < 4.78 is 0. The Kier molecular flexibility index (Phi) is 4.80.